The fraction of sp³-hybridized carbons (Fsp3) is 0.409. The molecule has 3 rings (SSSR count). The monoisotopic (exact) mass is 413 g/mol. The summed E-state index contributed by atoms with van der Waals surface area (Å²) in [5, 5.41) is 17.7. The minimum atomic E-state index is -0.346. The first-order valence-corrected chi connectivity index (χ1v) is 10.2. The van der Waals surface area contributed by atoms with Crippen LogP contribution >= 0.6 is 0 Å². The van der Waals surface area contributed by atoms with Gasteiger partial charge in [-0.3, -0.25) is 4.79 Å². The Morgan fingerprint density at radius 3 is 2.80 bits per heavy atom. The number of nitrogens with zero attached hydrogens (tertiary/aromatic N) is 4. The number of carbonyl (C=O) groups is 1. The number of nitrogens with one attached hydrogen (secondary N) is 1. The van der Waals surface area contributed by atoms with Crippen LogP contribution in [0.15, 0.2) is 30.5 Å². The van der Waals surface area contributed by atoms with Crippen molar-refractivity contribution in [1.29, 1.82) is 0 Å². The molecule has 30 heavy (non-hydrogen) atoms. The third-order valence-corrected chi connectivity index (χ3v) is 5.17. The molecular formula is C22H28FN5O2. The molecule has 0 saturated heterocycles. The number of carbonyl (C=O) groups excluding carboxylic acids is 1. The quantitative estimate of drug-likeness (QED) is 0.564. The van der Waals surface area contributed by atoms with Crippen LogP contribution in [0.25, 0.3) is 5.65 Å². The average Bonchev–Trinajstić information content (AvgIpc) is 3.14. The highest BCUT2D eigenvalue weighted by atomic mass is 19.1. The number of aryl methyl sites for hydroxylation is 1. The molecule has 0 unspecified atom stereocenters. The second-order valence-corrected chi connectivity index (χ2v) is 7.47. The SMILES string of the molecule is CCCCN(C)CCNC(=O)c1cnn2c(O)c(Cc3ccccc3F)c(C)nc12. The number of aromatic hydroxyl groups is 1. The van der Waals surface area contributed by atoms with Gasteiger partial charge in [0.1, 0.15) is 11.4 Å². The van der Waals surface area contributed by atoms with Crippen molar-refractivity contribution in [2.24, 2.45) is 0 Å². The van der Waals surface area contributed by atoms with Crippen molar-refractivity contribution in [1.82, 2.24) is 24.8 Å². The Labute approximate surface area is 175 Å². The van der Waals surface area contributed by atoms with Gasteiger partial charge in [0.2, 0.25) is 5.88 Å². The Hall–Kier alpha value is -3.00. The standard InChI is InChI=1S/C22H28FN5O2/c1-4-5-11-27(3)12-10-24-21(29)18-14-25-28-20(18)26-15(2)17(22(28)30)13-16-8-6-7-9-19(16)23/h6-9,14,30H,4-5,10-13H2,1-3H3,(H,24,29). The maximum Gasteiger partial charge on any atom is 0.256 e. The molecule has 8 heteroatoms. The van der Waals surface area contributed by atoms with Crippen LogP contribution in [0.1, 0.15) is 46.9 Å². The number of hydrogen-bond acceptors (Lipinski definition) is 5. The van der Waals surface area contributed by atoms with Gasteiger partial charge in [-0.2, -0.15) is 9.61 Å². The Morgan fingerprint density at radius 2 is 2.07 bits per heavy atom. The summed E-state index contributed by atoms with van der Waals surface area (Å²) in [5.74, 6) is -0.776. The van der Waals surface area contributed by atoms with Crippen molar-refractivity contribution in [3.8, 4) is 5.88 Å². The molecule has 0 atom stereocenters. The first-order valence-electron chi connectivity index (χ1n) is 10.2. The third kappa shape index (κ3) is 4.76. The largest absolute Gasteiger partial charge is 0.493 e. The fourth-order valence-corrected chi connectivity index (χ4v) is 3.32. The van der Waals surface area contributed by atoms with Gasteiger partial charge >= 0.3 is 0 Å². The lowest BCUT2D eigenvalue weighted by Crippen LogP contribution is -2.33. The van der Waals surface area contributed by atoms with Crippen LogP contribution in [0.4, 0.5) is 4.39 Å². The summed E-state index contributed by atoms with van der Waals surface area (Å²) >= 11 is 0. The molecule has 1 aromatic carbocycles. The molecule has 7 nitrogen and oxygen atoms in total. The van der Waals surface area contributed by atoms with E-state index >= 15 is 0 Å². The molecule has 0 radical (unpaired) electrons. The normalized spacial score (nSPS) is 11.4. The number of benzene rings is 1. The number of fused-ring (bicyclic) bond motifs is 1. The van der Waals surface area contributed by atoms with Crippen LogP contribution in [0.5, 0.6) is 5.88 Å². The van der Waals surface area contributed by atoms with Gasteiger partial charge in [0.25, 0.3) is 5.91 Å². The molecule has 0 fully saturated rings. The minimum Gasteiger partial charge on any atom is -0.493 e. The smallest absolute Gasteiger partial charge is 0.256 e. The molecule has 2 aromatic heterocycles. The topological polar surface area (TPSA) is 82.8 Å². The van der Waals surface area contributed by atoms with E-state index in [2.05, 4.69) is 27.2 Å². The first-order chi connectivity index (χ1) is 14.4. The minimum absolute atomic E-state index is 0.140. The van der Waals surface area contributed by atoms with Crippen molar-refractivity contribution >= 4 is 11.6 Å². The van der Waals surface area contributed by atoms with Gasteiger partial charge < -0.3 is 15.3 Å². The Balaban J connectivity index is 1.77. The number of rotatable bonds is 9. The summed E-state index contributed by atoms with van der Waals surface area (Å²) in [7, 11) is 2.02. The van der Waals surface area contributed by atoms with E-state index in [1.165, 1.54) is 16.8 Å². The molecule has 0 saturated carbocycles. The Kier molecular flexibility index (Phi) is 6.99. The van der Waals surface area contributed by atoms with Gasteiger partial charge in [-0.25, -0.2) is 9.37 Å². The van der Waals surface area contributed by atoms with Crippen LogP contribution < -0.4 is 5.32 Å². The maximum atomic E-state index is 14.0. The van der Waals surface area contributed by atoms with Gasteiger partial charge in [0, 0.05) is 30.8 Å². The van der Waals surface area contributed by atoms with Gasteiger partial charge in [-0.05, 0) is 38.6 Å². The van der Waals surface area contributed by atoms with E-state index in [-0.39, 0.29) is 29.7 Å². The number of likely N-dealkylation sites (N-methyl/N-ethyl adjacent to an activating group) is 1. The van der Waals surface area contributed by atoms with E-state index < -0.39 is 0 Å². The van der Waals surface area contributed by atoms with Crippen molar-refractivity contribution in [3.05, 3.63) is 58.7 Å². The number of halogens is 1. The summed E-state index contributed by atoms with van der Waals surface area (Å²) in [5.41, 5.74) is 2.02. The second-order valence-electron chi connectivity index (χ2n) is 7.47. The number of unbranched alkanes of at least 4 members (excludes halogenated alkanes) is 1. The second kappa shape index (κ2) is 9.67. The predicted octanol–water partition coefficient (Wildman–Crippen LogP) is 2.93. The molecule has 0 aliphatic heterocycles. The van der Waals surface area contributed by atoms with Crippen LogP contribution in [0.3, 0.4) is 0 Å². The highest BCUT2D eigenvalue weighted by molar-refractivity contribution is 5.99. The molecule has 2 heterocycles. The molecule has 3 aromatic rings. The summed E-state index contributed by atoms with van der Waals surface area (Å²) < 4.78 is 15.3. The molecule has 0 spiro atoms. The van der Waals surface area contributed by atoms with Crippen molar-refractivity contribution < 1.29 is 14.3 Å². The van der Waals surface area contributed by atoms with Gasteiger partial charge in [-0.15, -0.1) is 0 Å². The molecule has 0 aliphatic rings. The fourth-order valence-electron chi connectivity index (χ4n) is 3.32. The van der Waals surface area contributed by atoms with E-state index in [0.717, 1.165) is 25.9 Å². The number of hydrogen-bond donors (Lipinski definition) is 2. The Bertz CT molecular complexity index is 1030. The Morgan fingerprint density at radius 1 is 1.30 bits per heavy atom. The molecule has 160 valence electrons. The zero-order chi connectivity index (χ0) is 21.7. The van der Waals surface area contributed by atoms with Crippen LogP contribution in [0.2, 0.25) is 0 Å². The summed E-state index contributed by atoms with van der Waals surface area (Å²) in [4.78, 5) is 19.2. The lowest BCUT2D eigenvalue weighted by Gasteiger charge is -2.16. The molecule has 0 aliphatic carbocycles. The number of amides is 1. The molecular weight excluding hydrogens is 385 g/mol. The maximum absolute atomic E-state index is 14.0. The average molecular weight is 413 g/mol. The summed E-state index contributed by atoms with van der Waals surface area (Å²) in [6, 6.07) is 6.40. The highest BCUT2D eigenvalue weighted by Crippen LogP contribution is 2.26. The lowest BCUT2D eigenvalue weighted by atomic mass is 10.0. The van der Waals surface area contributed by atoms with Crippen molar-refractivity contribution in [3.63, 3.8) is 0 Å². The van der Waals surface area contributed by atoms with E-state index in [1.807, 2.05) is 7.05 Å². The lowest BCUT2D eigenvalue weighted by molar-refractivity contribution is 0.0951. The zero-order valence-electron chi connectivity index (χ0n) is 17.7. The molecule has 0 bridgehead atoms. The highest BCUT2D eigenvalue weighted by Gasteiger charge is 2.20. The van der Waals surface area contributed by atoms with Crippen LogP contribution in [-0.2, 0) is 6.42 Å². The van der Waals surface area contributed by atoms with E-state index in [9.17, 15) is 14.3 Å². The molecule has 1 amide bonds. The predicted molar refractivity (Wildman–Crippen MR) is 113 cm³/mol. The summed E-state index contributed by atoms with van der Waals surface area (Å²) in [6.45, 7) is 6.12. The van der Waals surface area contributed by atoms with Gasteiger partial charge in [0.15, 0.2) is 5.65 Å². The van der Waals surface area contributed by atoms with Crippen molar-refractivity contribution in [2.45, 2.75) is 33.1 Å². The van der Waals surface area contributed by atoms with Gasteiger partial charge in [0.05, 0.1) is 6.20 Å². The first kappa shape index (κ1) is 21.7. The van der Waals surface area contributed by atoms with E-state index in [1.54, 1.807) is 25.1 Å². The van der Waals surface area contributed by atoms with E-state index in [4.69, 9.17) is 0 Å². The van der Waals surface area contributed by atoms with Crippen LogP contribution in [0, 0.1) is 12.7 Å². The zero-order valence-corrected chi connectivity index (χ0v) is 17.7. The third-order valence-electron chi connectivity index (χ3n) is 5.17. The van der Waals surface area contributed by atoms with Crippen molar-refractivity contribution in [2.75, 3.05) is 26.7 Å². The van der Waals surface area contributed by atoms with E-state index in [0.29, 0.717) is 28.9 Å². The molecule has 2 N–H and O–H groups in total. The van der Waals surface area contributed by atoms with Crippen LogP contribution in [-0.4, -0.2) is 57.2 Å². The summed E-state index contributed by atoms with van der Waals surface area (Å²) in [6.07, 6.45) is 3.83. The number of aromatic nitrogens is 3. The van der Waals surface area contributed by atoms with Gasteiger partial charge in [-0.1, -0.05) is 31.5 Å².